The number of halogens is 6. The minimum atomic E-state index is -5.08. The molecule has 1 saturated heterocycles. The largest absolute Gasteiger partial charge is 0.490 e. The lowest BCUT2D eigenvalue weighted by Gasteiger charge is -2.25. The van der Waals surface area contributed by atoms with Gasteiger partial charge in [0.05, 0.1) is 12.1 Å². The Hall–Kier alpha value is -4.12. The summed E-state index contributed by atoms with van der Waals surface area (Å²) in [5, 5.41) is 19.0. The van der Waals surface area contributed by atoms with Crippen molar-refractivity contribution in [3.8, 4) is 6.07 Å². The van der Waals surface area contributed by atoms with Gasteiger partial charge in [0.15, 0.2) is 11.6 Å². The zero-order chi connectivity index (χ0) is 30.0. The molecule has 2 aromatic carbocycles. The number of nitrogens with two attached hydrogens (primary N) is 1. The van der Waals surface area contributed by atoms with E-state index in [9.17, 15) is 41.2 Å². The van der Waals surface area contributed by atoms with Gasteiger partial charge in [-0.25, -0.2) is 18.0 Å². The molecule has 3 rings (SSSR count). The molecule has 0 aromatic heterocycles. The second-order valence-corrected chi connectivity index (χ2v) is 8.94. The molecule has 0 radical (unpaired) electrons. The Morgan fingerprint density at radius 1 is 1.07 bits per heavy atom. The number of nitrogens with one attached hydrogen (secondary N) is 1. The van der Waals surface area contributed by atoms with Crippen LogP contribution in [0, 0.1) is 28.8 Å². The van der Waals surface area contributed by atoms with Crippen LogP contribution in [0.2, 0.25) is 0 Å². The van der Waals surface area contributed by atoms with Gasteiger partial charge in [0.1, 0.15) is 11.9 Å². The topological polar surface area (TPSA) is 137 Å². The Morgan fingerprint density at radius 2 is 1.68 bits per heavy atom. The lowest BCUT2D eigenvalue weighted by molar-refractivity contribution is -0.192. The molecule has 3 atom stereocenters. The molecule has 40 heavy (non-hydrogen) atoms. The Balaban J connectivity index is 0.000000708. The maximum absolute atomic E-state index is 14.2. The number of carboxylic acid groups (broad SMARTS) is 1. The predicted molar refractivity (Wildman–Crippen MR) is 129 cm³/mol. The van der Waals surface area contributed by atoms with Gasteiger partial charge in [0.25, 0.3) is 0 Å². The molecule has 1 aliphatic rings. The van der Waals surface area contributed by atoms with E-state index in [0.29, 0.717) is 31.5 Å². The van der Waals surface area contributed by atoms with E-state index in [1.165, 1.54) is 4.90 Å². The van der Waals surface area contributed by atoms with E-state index in [4.69, 9.17) is 15.6 Å². The van der Waals surface area contributed by atoms with Crippen molar-refractivity contribution < 1.29 is 45.8 Å². The molecule has 1 heterocycles. The monoisotopic (exact) mass is 572 g/mol. The summed E-state index contributed by atoms with van der Waals surface area (Å²) >= 11 is 0. The molecule has 14 heteroatoms. The first kappa shape index (κ1) is 32.1. The molecular weight excluding hydrogens is 546 g/mol. The molecular formula is C26H26F6N4O4. The summed E-state index contributed by atoms with van der Waals surface area (Å²) < 4.78 is 73.0. The molecule has 216 valence electrons. The maximum Gasteiger partial charge on any atom is 0.490 e. The number of rotatable bonds is 8. The summed E-state index contributed by atoms with van der Waals surface area (Å²) in [6, 6.07) is 9.90. The third kappa shape index (κ3) is 9.57. The number of likely N-dealkylation sites (tertiary alicyclic amines) is 1. The molecule has 2 aromatic rings. The molecule has 1 fully saturated rings. The van der Waals surface area contributed by atoms with E-state index >= 15 is 0 Å². The van der Waals surface area contributed by atoms with Crippen LogP contribution in [0.25, 0.3) is 0 Å². The standard InChI is InChI=1S/C24H25F3N4O2.C2HF3O2/c25-19-13-21(27)20(26)11-16(19)10-17(12-23(32)31-8-4-7-18(31)14-28)30-24(33)22(29)9-15-5-2-1-3-6-15;3-2(4,5)1(6)7/h1-3,5-6,11,13,17-18,22H,4,7-10,12,29H2,(H,30,33);(H,6,7)/t17-,18?,22?;/m1./s1. The summed E-state index contributed by atoms with van der Waals surface area (Å²) in [6.45, 7) is 0.408. The molecule has 4 N–H and O–H groups in total. The minimum absolute atomic E-state index is 0.179. The predicted octanol–water partition coefficient (Wildman–Crippen LogP) is 3.24. The molecule has 2 amide bonds. The lowest BCUT2D eigenvalue weighted by Crippen LogP contribution is -2.49. The molecule has 1 aliphatic heterocycles. The fourth-order valence-electron chi connectivity index (χ4n) is 3.96. The highest BCUT2D eigenvalue weighted by Crippen LogP contribution is 2.21. The highest BCUT2D eigenvalue weighted by atomic mass is 19.4. The van der Waals surface area contributed by atoms with Crippen molar-refractivity contribution >= 4 is 17.8 Å². The van der Waals surface area contributed by atoms with Gasteiger partial charge in [-0.3, -0.25) is 9.59 Å². The van der Waals surface area contributed by atoms with Crippen LogP contribution < -0.4 is 11.1 Å². The van der Waals surface area contributed by atoms with Crippen LogP contribution in [0.1, 0.15) is 30.4 Å². The zero-order valence-corrected chi connectivity index (χ0v) is 20.9. The van der Waals surface area contributed by atoms with E-state index in [2.05, 4.69) is 11.4 Å². The van der Waals surface area contributed by atoms with Gasteiger partial charge in [0.2, 0.25) is 11.8 Å². The van der Waals surface area contributed by atoms with Gasteiger partial charge in [-0.05, 0) is 42.9 Å². The first-order valence-electron chi connectivity index (χ1n) is 11.9. The smallest absolute Gasteiger partial charge is 0.475 e. The highest BCUT2D eigenvalue weighted by molar-refractivity contribution is 5.83. The van der Waals surface area contributed by atoms with Crippen molar-refractivity contribution in [3.63, 3.8) is 0 Å². The van der Waals surface area contributed by atoms with Crippen molar-refractivity contribution in [3.05, 3.63) is 71.0 Å². The van der Waals surface area contributed by atoms with Crippen LogP contribution in [0.3, 0.4) is 0 Å². The Morgan fingerprint density at radius 3 is 2.25 bits per heavy atom. The third-order valence-electron chi connectivity index (χ3n) is 5.92. The molecule has 2 unspecified atom stereocenters. The van der Waals surface area contributed by atoms with Crippen molar-refractivity contribution in [2.24, 2.45) is 5.73 Å². The fraction of sp³-hybridized carbons (Fsp3) is 0.385. The van der Waals surface area contributed by atoms with Crippen LogP contribution in [-0.4, -0.2) is 58.6 Å². The molecule has 0 saturated carbocycles. The number of benzene rings is 2. The number of carbonyl (C=O) groups excluding carboxylic acids is 2. The van der Waals surface area contributed by atoms with Crippen molar-refractivity contribution in [1.29, 1.82) is 5.26 Å². The third-order valence-corrected chi connectivity index (χ3v) is 5.92. The van der Waals surface area contributed by atoms with Gasteiger partial charge in [-0.2, -0.15) is 18.4 Å². The molecule has 0 bridgehead atoms. The number of nitriles is 1. The van der Waals surface area contributed by atoms with E-state index < -0.39 is 53.6 Å². The van der Waals surface area contributed by atoms with Crippen molar-refractivity contribution in [1.82, 2.24) is 10.2 Å². The van der Waals surface area contributed by atoms with E-state index in [1.54, 1.807) is 0 Å². The number of alkyl halides is 3. The quantitative estimate of drug-likeness (QED) is 0.328. The lowest BCUT2D eigenvalue weighted by atomic mass is 10.00. The van der Waals surface area contributed by atoms with Crippen LogP contribution in [0.15, 0.2) is 42.5 Å². The van der Waals surface area contributed by atoms with Gasteiger partial charge < -0.3 is 21.1 Å². The van der Waals surface area contributed by atoms with Crippen LogP contribution in [0.5, 0.6) is 0 Å². The second-order valence-electron chi connectivity index (χ2n) is 8.94. The van der Waals surface area contributed by atoms with Gasteiger partial charge in [-0.15, -0.1) is 0 Å². The van der Waals surface area contributed by atoms with Gasteiger partial charge >= 0.3 is 12.1 Å². The number of carbonyl (C=O) groups is 3. The summed E-state index contributed by atoms with van der Waals surface area (Å²) in [5.41, 5.74) is 6.69. The minimum Gasteiger partial charge on any atom is -0.475 e. The second kappa shape index (κ2) is 14.3. The fourth-order valence-corrected chi connectivity index (χ4v) is 3.96. The number of aliphatic carboxylic acids is 1. The summed E-state index contributed by atoms with van der Waals surface area (Å²) in [6.07, 6.45) is -4.08. The van der Waals surface area contributed by atoms with Crippen LogP contribution in [-0.2, 0) is 27.2 Å². The molecule has 8 nitrogen and oxygen atoms in total. The summed E-state index contributed by atoms with van der Waals surface area (Å²) in [7, 11) is 0. The van der Waals surface area contributed by atoms with Crippen molar-refractivity contribution in [2.45, 2.75) is 56.4 Å². The number of nitrogens with zero attached hydrogens (tertiary/aromatic N) is 2. The zero-order valence-electron chi connectivity index (χ0n) is 20.9. The number of hydrogen-bond acceptors (Lipinski definition) is 5. The van der Waals surface area contributed by atoms with Gasteiger partial charge in [-0.1, -0.05) is 30.3 Å². The number of hydrogen-bond donors (Lipinski definition) is 3. The average molecular weight is 573 g/mol. The average Bonchev–Trinajstić information content (AvgIpc) is 3.37. The van der Waals surface area contributed by atoms with Gasteiger partial charge in [0, 0.05) is 25.1 Å². The Kier molecular flexibility index (Phi) is 11.5. The molecule has 0 spiro atoms. The SMILES string of the molecule is N#CC1CCCN1C(=O)C[C@@H](Cc1cc(F)c(F)cc1F)NC(=O)C(N)Cc1ccccc1.O=C(O)C(F)(F)F. The summed E-state index contributed by atoms with van der Waals surface area (Å²) in [5.74, 6) is -7.24. The first-order chi connectivity index (χ1) is 18.7. The van der Waals surface area contributed by atoms with E-state index in [0.717, 1.165) is 5.56 Å². The molecule has 0 aliphatic carbocycles. The summed E-state index contributed by atoms with van der Waals surface area (Å²) in [4.78, 5) is 35.9. The first-order valence-corrected chi connectivity index (χ1v) is 11.9. The van der Waals surface area contributed by atoms with Crippen molar-refractivity contribution in [2.75, 3.05) is 6.54 Å². The normalized spacial score (nSPS) is 16.2. The van der Waals surface area contributed by atoms with Crippen LogP contribution >= 0.6 is 0 Å². The number of amides is 2. The number of carboxylic acids is 1. The Labute approximate surface area is 225 Å². The van der Waals surface area contributed by atoms with E-state index in [-0.39, 0.29) is 30.7 Å². The highest BCUT2D eigenvalue weighted by Gasteiger charge is 2.38. The maximum atomic E-state index is 14.2. The van der Waals surface area contributed by atoms with E-state index in [1.807, 2.05) is 30.3 Å². The van der Waals surface area contributed by atoms with Crippen LogP contribution in [0.4, 0.5) is 26.3 Å². The Bertz CT molecular complexity index is 1240.